The molecule has 0 heterocycles. The van der Waals surface area contributed by atoms with Crippen LogP contribution in [-0.4, -0.2) is 11.7 Å². The maximum absolute atomic E-state index is 9.96. The fourth-order valence-corrected chi connectivity index (χ4v) is 3.47. The molecule has 0 saturated carbocycles. The maximum atomic E-state index is 9.96. The third-order valence-corrected chi connectivity index (χ3v) is 4.64. The van der Waals surface area contributed by atoms with Gasteiger partial charge >= 0.3 is 0 Å². The third-order valence-electron chi connectivity index (χ3n) is 4.64. The van der Waals surface area contributed by atoms with Crippen LogP contribution in [-0.2, 0) is 6.61 Å². The summed E-state index contributed by atoms with van der Waals surface area (Å²) >= 11 is 0. The summed E-state index contributed by atoms with van der Waals surface area (Å²) in [5.74, 6) is 0.864. The molecule has 0 spiro atoms. The van der Waals surface area contributed by atoms with Gasteiger partial charge in [-0.25, -0.2) is 0 Å². The molecule has 0 aliphatic carbocycles. The van der Waals surface area contributed by atoms with Crippen LogP contribution in [0.15, 0.2) is 72.8 Å². The second kappa shape index (κ2) is 7.06. The van der Waals surface area contributed by atoms with Gasteiger partial charge in [-0.2, -0.15) is 0 Å². The Hall–Kier alpha value is -3.04. The minimum atomic E-state index is 0.0182. The van der Waals surface area contributed by atoms with Gasteiger partial charge in [0.05, 0.1) is 18.9 Å². The highest BCUT2D eigenvalue weighted by atomic mass is 16.5. The molecule has 4 aromatic rings. The maximum Gasteiger partial charge on any atom is 0.119 e. The lowest BCUT2D eigenvalue weighted by Crippen LogP contribution is -1.97. The Bertz CT molecular complexity index is 998. The fourth-order valence-electron chi connectivity index (χ4n) is 3.47. The van der Waals surface area contributed by atoms with Crippen molar-refractivity contribution in [1.29, 1.82) is 0 Å². The molecule has 0 unspecified atom stereocenters. The number of benzene rings is 4. The Morgan fingerprint density at radius 2 is 1.31 bits per heavy atom. The smallest absolute Gasteiger partial charge is 0.119 e. The first kappa shape index (κ1) is 16.4. The van der Waals surface area contributed by atoms with Crippen LogP contribution in [0, 0.1) is 0 Å². The standard InChI is InChI=1S/C23H21NO2/c1-2-26-17-13-11-16(12-14-17)24-23-20-9-5-3-7-18(20)22(15-25)19-8-4-6-10-21(19)23/h3-14,24-25H,2,15H2,1H3. The summed E-state index contributed by atoms with van der Waals surface area (Å²) in [6.45, 7) is 2.65. The molecule has 0 fully saturated rings. The first-order chi connectivity index (χ1) is 12.8. The van der Waals surface area contributed by atoms with E-state index < -0.39 is 0 Å². The van der Waals surface area contributed by atoms with Gasteiger partial charge < -0.3 is 15.2 Å². The van der Waals surface area contributed by atoms with Gasteiger partial charge in [-0.3, -0.25) is 0 Å². The van der Waals surface area contributed by atoms with Gasteiger partial charge in [-0.05, 0) is 47.5 Å². The van der Waals surface area contributed by atoms with Crippen molar-refractivity contribution >= 4 is 32.9 Å². The minimum Gasteiger partial charge on any atom is -0.494 e. The molecule has 0 bridgehead atoms. The van der Waals surface area contributed by atoms with Crippen molar-refractivity contribution in [2.24, 2.45) is 0 Å². The Kier molecular flexibility index (Phi) is 4.46. The van der Waals surface area contributed by atoms with Crippen LogP contribution >= 0.6 is 0 Å². The number of ether oxygens (including phenoxy) is 1. The molecule has 0 aromatic heterocycles. The number of aliphatic hydroxyl groups excluding tert-OH is 1. The summed E-state index contributed by atoms with van der Waals surface area (Å²) in [6.07, 6.45) is 0. The van der Waals surface area contributed by atoms with Crippen molar-refractivity contribution in [2.75, 3.05) is 11.9 Å². The third kappa shape index (κ3) is 2.87. The predicted octanol–water partition coefficient (Wildman–Crippen LogP) is 5.63. The zero-order valence-corrected chi connectivity index (χ0v) is 14.7. The van der Waals surface area contributed by atoms with Gasteiger partial charge in [-0.1, -0.05) is 48.5 Å². The molecule has 26 heavy (non-hydrogen) atoms. The van der Waals surface area contributed by atoms with Gasteiger partial charge in [0.25, 0.3) is 0 Å². The number of anilines is 2. The molecular formula is C23H21NO2. The lowest BCUT2D eigenvalue weighted by atomic mass is 9.95. The largest absolute Gasteiger partial charge is 0.494 e. The number of hydrogen-bond donors (Lipinski definition) is 2. The van der Waals surface area contributed by atoms with Gasteiger partial charge in [-0.15, -0.1) is 0 Å². The van der Waals surface area contributed by atoms with E-state index in [0.29, 0.717) is 6.61 Å². The van der Waals surface area contributed by atoms with Crippen molar-refractivity contribution in [2.45, 2.75) is 13.5 Å². The average molecular weight is 343 g/mol. The van der Waals surface area contributed by atoms with E-state index in [9.17, 15) is 5.11 Å². The van der Waals surface area contributed by atoms with Crippen LogP contribution in [0.25, 0.3) is 21.5 Å². The Labute approximate surface area is 152 Å². The van der Waals surface area contributed by atoms with Crippen LogP contribution in [0.3, 0.4) is 0 Å². The summed E-state index contributed by atoms with van der Waals surface area (Å²) < 4.78 is 5.53. The Morgan fingerprint density at radius 3 is 1.81 bits per heavy atom. The topological polar surface area (TPSA) is 41.5 Å². The van der Waals surface area contributed by atoms with Crippen molar-refractivity contribution in [3.63, 3.8) is 0 Å². The number of hydrogen-bond acceptors (Lipinski definition) is 3. The van der Waals surface area contributed by atoms with E-state index >= 15 is 0 Å². The first-order valence-electron chi connectivity index (χ1n) is 8.85. The number of aliphatic hydroxyl groups is 1. The van der Waals surface area contributed by atoms with Crippen LogP contribution in [0.1, 0.15) is 12.5 Å². The first-order valence-corrected chi connectivity index (χ1v) is 8.85. The molecule has 4 aromatic carbocycles. The van der Waals surface area contributed by atoms with Crippen molar-refractivity contribution in [3.8, 4) is 5.75 Å². The quantitative estimate of drug-likeness (QED) is 0.462. The molecule has 3 heteroatoms. The zero-order chi connectivity index (χ0) is 17.9. The highest BCUT2D eigenvalue weighted by Crippen LogP contribution is 2.38. The summed E-state index contributed by atoms with van der Waals surface area (Å²) in [5.41, 5.74) is 3.02. The van der Waals surface area contributed by atoms with Gasteiger partial charge in [0.15, 0.2) is 0 Å². The summed E-state index contributed by atoms with van der Waals surface area (Å²) in [7, 11) is 0. The van der Waals surface area contributed by atoms with Crippen molar-refractivity contribution < 1.29 is 9.84 Å². The lowest BCUT2D eigenvalue weighted by molar-refractivity contribution is 0.285. The molecule has 0 aliphatic rings. The van der Waals surface area contributed by atoms with Gasteiger partial charge in [0, 0.05) is 16.5 Å². The SMILES string of the molecule is CCOc1ccc(Nc2c3ccccc3c(CO)c3ccccc23)cc1. The molecule has 0 radical (unpaired) electrons. The van der Waals surface area contributed by atoms with E-state index in [2.05, 4.69) is 29.6 Å². The normalized spacial score (nSPS) is 11.0. The Morgan fingerprint density at radius 1 is 0.769 bits per heavy atom. The predicted molar refractivity (Wildman–Crippen MR) is 108 cm³/mol. The van der Waals surface area contributed by atoms with Crippen LogP contribution in [0.2, 0.25) is 0 Å². The van der Waals surface area contributed by atoms with Gasteiger partial charge in [0.2, 0.25) is 0 Å². The summed E-state index contributed by atoms with van der Waals surface area (Å²) in [6, 6.07) is 24.4. The van der Waals surface area contributed by atoms with Crippen LogP contribution < -0.4 is 10.1 Å². The second-order valence-electron chi connectivity index (χ2n) is 6.19. The highest BCUT2D eigenvalue weighted by molar-refractivity contribution is 6.14. The van der Waals surface area contributed by atoms with E-state index in [1.54, 1.807) is 0 Å². The zero-order valence-electron chi connectivity index (χ0n) is 14.7. The lowest BCUT2D eigenvalue weighted by Gasteiger charge is -2.17. The summed E-state index contributed by atoms with van der Waals surface area (Å²) in [4.78, 5) is 0. The molecule has 0 aliphatic heterocycles. The molecule has 0 amide bonds. The Balaban J connectivity index is 1.90. The molecule has 0 atom stereocenters. The second-order valence-corrected chi connectivity index (χ2v) is 6.19. The molecule has 3 nitrogen and oxygen atoms in total. The average Bonchev–Trinajstić information content (AvgIpc) is 2.69. The number of nitrogens with one attached hydrogen (secondary N) is 1. The van der Waals surface area contributed by atoms with Crippen molar-refractivity contribution in [1.82, 2.24) is 0 Å². The highest BCUT2D eigenvalue weighted by Gasteiger charge is 2.13. The molecule has 4 rings (SSSR count). The molecule has 130 valence electrons. The van der Waals surface area contributed by atoms with E-state index in [-0.39, 0.29) is 6.61 Å². The minimum absolute atomic E-state index is 0.0182. The van der Waals surface area contributed by atoms with E-state index in [1.807, 2.05) is 55.5 Å². The van der Waals surface area contributed by atoms with E-state index in [1.165, 1.54) is 0 Å². The number of rotatable bonds is 5. The van der Waals surface area contributed by atoms with E-state index in [0.717, 1.165) is 44.2 Å². The summed E-state index contributed by atoms with van der Waals surface area (Å²) in [5, 5.41) is 17.9. The molecule has 0 saturated heterocycles. The van der Waals surface area contributed by atoms with E-state index in [4.69, 9.17) is 4.74 Å². The van der Waals surface area contributed by atoms with Crippen LogP contribution in [0.5, 0.6) is 5.75 Å². The van der Waals surface area contributed by atoms with Gasteiger partial charge in [0.1, 0.15) is 5.75 Å². The molecular weight excluding hydrogens is 322 g/mol. The number of fused-ring (bicyclic) bond motifs is 2. The fraction of sp³-hybridized carbons (Fsp3) is 0.130. The van der Waals surface area contributed by atoms with Crippen molar-refractivity contribution in [3.05, 3.63) is 78.4 Å². The monoisotopic (exact) mass is 343 g/mol. The molecule has 2 N–H and O–H groups in total. The van der Waals surface area contributed by atoms with Crippen LogP contribution in [0.4, 0.5) is 11.4 Å².